The molecule has 0 fully saturated rings. The Balaban J connectivity index is 1.49. The molecule has 9 heteroatoms. The number of nitrogens with zero attached hydrogens (tertiary/aromatic N) is 3. The molecule has 2 amide bonds. The van der Waals surface area contributed by atoms with E-state index in [1.807, 2.05) is 18.7 Å². The van der Waals surface area contributed by atoms with Gasteiger partial charge in [-0.15, -0.1) is 11.3 Å². The van der Waals surface area contributed by atoms with Gasteiger partial charge in [0.05, 0.1) is 34.8 Å². The number of thiazole rings is 2. The fraction of sp³-hybridized carbons (Fsp3) is 0.294. The van der Waals surface area contributed by atoms with Crippen LogP contribution in [0.4, 0.5) is 5.13 Å². The molecule has 4 heterocycles. The summed E-state index contributed by atoms with van der Waals surface area (Å²) in [6.07, 6.45) is 3.52. The van der Waals surface area contributed by atoms with E-state index in [2.05, 4.69) is 15.3 Å². The lowest BCUT2D eigenvalue weighted by atomic mass is 10.1. The molecule has 7 nitrogen and oxygen atoms in total. The van der Waals surface area contributed by atoms with Gasteiger partial charge in [0.25, 0.3) is 11.8 Å². The molecule has 1 aliphatic heterocycles. The van der Waals surface area contributed by atoms with Crippen LogP contribution in [0.5, 0.6) is 0 Å². The van der Waals surface area contributed by atoms with Crippen molar-refractivity contribution < 1.29 is 14.0 Å². The molecule has 0 aromatic carbocycles. The molecule has 0 unspecified atom stereocenters. The summed E-state index contributed by atoms with van der Waals surface area (Å²) < 4.78 is 4.92. The van der Waals surface area contributed by atoms with Gasteiger partial charge in [0.1, 0.15) is 11.1 Å². The first-order valence-corrected chi connectivity index (χ1v) is 9.70. The third kappa shape index (κ3) is 3.15. The number of amides is 2. The van der Waals surface area contributed by atoms with Crippen LogP contribution in [0.1, 0.15) is 41.3 Å². The molecule has 0 bridgehead atoms. The van der Waals surface area contributed by atoms with Gasteiger partial charge in [-0.05, 0) is 19.9 Å². The van der Waals surface area contributed by atoms with Crippen LogP contribution in [0, 0.1) is 13.8 Å². The number of aromatic nitrogens is 2. The van der Waals surface area contributed by atoms with Crippen LogP contribution in [0.3, 0.4) is 0 Å². The second kappa shape index (κ2) is 6.65. The zero-order chi connectivity index (χ0) is 18.3. The van der Waals surface area contributed by atoms with Crippen molar-refractivity contribution in [2.45, 2.75) is 26.8 Å². The van der Waals surface area contributed by atoms with E-state index < -0.39 is 0 Å². The maximum Gasteiger partial charge on any atom is 0.266 e. The lowest BCUT2D eigenvalue weighted by Crippen LogP contribution is -2.35. The van der Waals surface area contributed by atoms with E-state index in [9.17, 15) is 9.59 Å². The van der Waals surface area contributed by atoms with Crippen molar-refractivity contribution in [1.29, 1.82) is 0 Å². The molecular weight excluding hydrogens is 372 g/mol. The van der Waals surface area contributed by atoms with Crippen molar-refractivity contribution >= 4 is 39.6 Å². The number of aryl methyl sites for hydroxylation is 2. The normalized spacial score (nSPS) is 13.5. The second-order valence-corrected chi connectivity index (χ2v) is 8.27. The number of hydrogen-bond acceptors (Lipinski definition) is 7. The number of furan rings is 1. The first-order valence-electron chi connectivity index (χ1n) is 8.06. The molecule has 3 aromatic rings. The third-order valence-electron chi connectivity index (χ3n) is 4.12. The highest BCUT2D eigenvalue weighted by Gasteiger charge is 2.27. The third-order valence-corrected chi connectivity index (χ3v) is 6.18. The van der Waals surface area contributed by atoms with E-state index in [1.165, 1.54) is 35.2 Å². The zero-order valence-electron chi connectivity index (χ0n) is 14.2. The highest BCUT2D eigenvalue weighted by Crippen LogP contribution is 2.30. The molecule has 1 aliphatic rings. The minimum Gasteiger partial charge on any atom is -0.472 e. The van der Waals surface area contributed by atoms with Crippen molar-refractivity contribution in [2.24, 2.45) is 0 Å². The van der Waals surface area contributed by atoms with Crippen LogP contribution >= 0.6 is 22.7 Å². The van der Waals surface area contributed by atoms with E-state index in [1.54, 1.807) is 6.07 Å². The summed E-state index contributed by atoms with van der Waals surface area (Å²) in [5, 5.41) is 4.22. The summed E-state index contributed by atoms with van der Waals surface area (Å²) in [7, 11) is 0. The van der Waals surface area contributed by atoms with Gasteiger partial charge in [-0.2, -0.15) is 0 Å². The number of nitrogens with one attached hydrogen (secondary N) is 1. The van der Waals surface area contributed by atoms with Gasteiger partial charge in [0.2, 0.25) is 0 Å². The topological polar surface area (TPSA) is 88.3 Å². The van der Waals surface area contributed by atoms with Crippen LogP contribution in [0.2, 0.25) is 0 Å². The molecular formula is C17H16N4O3S2. The van der Waals surface area contributed by atoms with Crippen LogP contribution in [0.15, 0.2) is 23.0 Å². The fourth-order valence-electron chi connectivity index (χ4n) is 2.86. The van der Waals surface area contributed by atoms with Gasteiger partial charge >= 0.3 is 0 Å². The average molecular weight is 388 g/mol. The minimum atomic E-state index is -0.256. The van der Waals surface area contributed by atoms with E-state index in [-0.39, 0.29) is 11.8 Å². The van der Waals surface area contributed by atoms with E-state index >= 15 is 0 Å². The Labute approximate surface area is 157 Å². The van der Waals surface area contributed by atoms with E-state index in [0.717, 1.165) is 21.3 Å². The Morgan fingerprint density at radius 3 is 2.81 bits per heavy atom. The summed E-state index contributed by atoms with van der Waals surface area (Å²) in [6, 6.07) is 1.60. The standard InChI is InChI=1S/C17H16N4O3S2/c1-9-14(25-10(2)18-9)16(23)21-5-3-12-13(7-21)26-17(19-12)20-15(22)11-4-6-24-8-11/h4,6,8H,3,5,7H2,1-2H3,(H,19,20,22). The summed E-state index contributed by atoms with van der Waals surface area (Å²) in [5.41, 5.74) is 2.17. The predicted octanol–water partition coefficient (Wildman–Crippen LogP) is 3.26. The quantitative estimate of drug-likeness (QED) is 0.744. The monoisotopic (exact) mass is 388 g/mol. The van der Waals surface area contributed by atoms with E-state index in [4.69, 9.17) is 4.42 Å². The number of hydrogen-bond donors (Lipinski definition) is 1. The van der Waals surface area contributed by atoms with Crippen molar-refractivity contribution in [2.75, 3.05) is 11.9 Å². The number of fused-ring (bicyclic) bond motifs is 1. The molecule has 1 N–H and O–H groups in total. The Morgan fingerprint density at radius 1 is 1.27 bits per heavy atom. The van der Waals surface area contributed by atoms with Crippen molar-refractivity contribution in [3.63, 3.8) is 0 Å². The minimum absolute atomic E-state index is 0.0103. The second-order valence-electron chi connectivity index (χ2n) is 5.98. The maximum absolute atomic E-state index is 12.8. The Morgan fingerprint density at radius 2 is 2.12 bits per heavy atom. The summed E-state index contributed by atoms with van der Waals surface area (Å²) in [4.78, 5) is 37.3. The lowest BCUT2D eigenvalue weighted by molar-refractivity contribution is 0.0740. The van der Waals surface area contributed by atoms with Gasteiger partial charge in [0.15, 0.2) is 5.13 Å². The highest BCUT2D eigenvalue weighted by molar-refractivity contribution is 7.16. The maximum atomic E-state index is 12.8. The fourth-order valence-corrected chi connectivity index (χ4v) is 4.77. The molecule has 0 radical (unpaired) electrons. The van der Waals surface area contributed by atoms with E-state index in [0.29, 0.717) is 35.1 Å². The molecule has 0 spiro atoms. The van der Waals surface area contributed by atoms with Crippen molar-refractivity contribution in [3.8, 4) is 0 Å². The van der Waals surface area contributed by atoms with Crippen LogP contribution < -0.4 is 5.32 Å². The predicted molar refractivity (Wildman–Crippen MR) is 98.8 cm³/mol. The number of carbonyl (C=O) groups is 2. The average Bonchev–Trinajstić information content (AvgIpc) is 3.32. The highest BCUT2D eigenvalue weighted by atomic mass is 32.1. The number of rotatable bonds is 3. The van der Waals surface area contributed by atoms with Gasteiger partial charge in [0, 0.05) is 17.8 Å². The summed E-state index contributed by atoms with van der Waals surface area (Å²) in [6.45, 7) is 4.88. The Kier molecular flexibility index (Phi) is 4.33. The van der Waals surface area contributed by atoms with Crippen LogP contribution in [-0.4, -0.2) is 33.2 Å². The summed E-state index contributed by atoms with van der Waals surface area (Å²) in [5.74, 6) is -0.246. The Hall–Kier alpha value is -2.52. The number of carbonyl (C=O) groups excluding carboxylic acids is 2. The smallest absolute Gasteiger partial charge is 0.266 e. The SMILES string of the molecule is Cc1nc(C)c(C(=O)N2CCc3nc(NC(=O)c4ccoc4)sc3C2)s1. The largest absolute Gasteiger partial charge is 0.472 e. The van der Waals surface area contributed by atoms with Crippen molar-refractivity contribution in [1.82, 2.24) is 14.9 Å². The lowest BCUT2D eigenvalue weighted by Gasteiger charge is -2.25. The first-order chi connectivity index (χ1) is 12.5. The van der Waals surface area contributed by atoms with Crippen LogP contribution in [-0.2, 0) is 13.0 Å². The van der Waals surface area contributed by atoms with Gasteiger partial charge in [-0.1, -0.05) is 11.3 Å². The molecule has 134 valence electrons. The molecule has 0 saturated carbocycles. The first kappa shape index (κ1) is 16.9. The molecule has 4 rings (SSSR count). The summed E-state index contributed by atoms with van der Waals surface area (Å²) >= 11 is 2.84. The van der Waals surface area contributed by atoms with Gasteiger partial charge in [-0.25, -0.2) is 9.97 Å². The molecule has 26 heavy (non-hydrogen) atoms. The van der Waals surface area contributed by atoms with Crippen molar-refractivity contribution in [3.05, 3.63) is 50.3 Å². The number of anilines is 1. The molecule has 0 aliphatic carbocycles. The molecule has 0 saturated heterocycles. The van der Waals surface area contributed by atoms with Gasteiger partial charge in [-0.3, -0.25) is 14.9 Å². The zero-order valence-corrected chi connectivity index (χ0v) is 15.9. The molecule has 0 atom stereocenters. The van der Waals surface area contributed by atoms with Gasteiger partial charge < -0.3 is 9.32 Å². The van der Waals surface area contributed by atoms with Crippen LogP contribution in [0.25, 0.3) is 0 Å². The Bertz CT molecular complexity index is 974. The molecule has 3 aromatic heterocycles.